The van der Waals surface area contributed by atoms with Gasteiger partial charge in [-0.25, -0.2) is 0 Å². The standard InChI is InChI=1S/C13H26N2O4.C12H20N2O3.C11H19NO3.C10H20N2O3.C10H17NO3.C8H15NO3/c1-12(16)11-13(17)19-10-7-15(4)6-9-18-8-5-14(2)3;1-10(15)8-12(16)17-7-2-11-9-13-3-5-14(11)6-4-13;1-10(13)9-11(14)15-8-7-12-5-3-2-4-6-12;1-9(13)8-10(14)15-7-5-11-4-6-12(2)3;1-9(12)8-10(13)14-7-6-11-4-2-3-5-11;1-7(10)6-8(11)12-5-4-9(2)3/h5-11H2,1-4H3;11H,2-9H2,1H3;2-9H2,1H3;11H,4-8H2,1-3H3;2-8H2,1H3;4-6H2,1-3H3. The van der Waals surface area contributed by atoms with E-state index in [9.17, 15) is 57.5 Å². The monoisotopic (exact) mass is 1320 g/mol. The van der Waals surface area contributed by atoms with Crippen molar-refractivity contribution in [3.05, 3.63) is 0 Å². The molecule has 532 valence electrons. The van der Waals surface area contributed by atoms with Gasteiger partial charge in [0.15, 0.2) is 0 Å². The number of carbonyl (C=O) groups excluding carboxylic acids is 12. The van der Waals surface area contributed by atoms with E-state index in [1.807, 2.05) is 59.1 Å². The minimum atomic E-state index is -0.455. The van der Waals surface area contributed by atoms with Crippen LogP contribution in [0.5, 0.6) is 0 Å². The fourth-order valence-electron chi connectivity index (χ4n) is 8.60. The molecule has 1 unspecified atom stereocenters. The van der Waals surface area contributed by atoms with E-state index < -0.39 is 35.8 Å². The van der Waals surface area contributed by atoms with Crippen molar-refractivity contribution in [2.24, 2.45) is 0 Å². The Morgan fingerprint density at radius 2 is 0.685 bits per heavy atom. The molecule has 0 spiro atoms. The lowest BCUT2D eigenvalue weighted by Gasteiger charge is -2.47. The van der Waals surface area contributed by atoms with Gasteiger partial charge in [-0.2, -0.15) is 0 Å². The zero-order valence-electron chi connectivity index (χ0n) is 58.3. The Kier molecular flexibility index (Phi) is 54.8. The number of fused-ring (bicyclic) bond motifs is 3. The first-order valence-corrected chi connectivity index (χ1v) is 32.2. The molecule has 28 nitrogen and oxygen atoms in total. The SMILES string of the molecule is CC(=O)CC(=O)OCCC1CN2CCN1CC2.CC(=O)CC(=O)OCCN(C)C.CC(=O)CC(=O)OCCN(C)CCOCCN(C)C.CC(=O)CC(=O)OCCN1CCCC1.CC(=O)CC(=O)OCCN1CCCCC1.CC(=O)CC(=O)OCCNCCN(C)C. The predicted molar refractivity (Wildman–Crippen MR) is 347 cm³/mol. The Hall–Kier alpha value is -5.56. The van der Waals surface area contributed by atoms with Crippen molar-refractivity contribution in [3.8, 4) is 0 Å². The number of likely N-dealkylation sites (N-methyl/N-ethyl adjacent to an activating group) is 4. The van der Waals surface area contributed by atoms with Crippen LogP contribution in [-0.4, -0.2) is 336 Å². The molecule has 2 bridgehead atoms. The Labute approximate surface area is 548 Å². The second-order valence-electron chi connectivity index (χ2n) is 23.9. The van der Waals surface area contributed by atoms with E-state index in [2.05, 4.69) is 34.7 Å². The van der Waals surface area contributed by atoms with Crippen molar-refractivity contribution >= 4 is 70.5 Å². The van der Waals surface area contributed by atoms with Gasteiger partial charge in [0.2, 0.25) is 0 Å². The molecular formula is C64H117N9O19. The number of likely N-dealkylation sites (tertiary alicyclic amines) is 2. The lowest BCUT2D eigenvalue weighted by atomic mass is 10.1. The largest absolute Gasteiger partial charge is 0.465 e. The summed E-state index contributed by atoms with van der Waals surface area (Å²) in [5, 5.41) is 3.12. The lowest BCUT2D eigenvalue weighted by Crippen LogP contribution is -2.61. The van der Waals surface area contributed by atoms with Crippen LogP contribution in [0.1, 0.15) is 119 Å². The van der Waals surface area contributed by atoms with Gasteiger partial charge < -0.3 is 58.1 Å². The van der Waals surface area contributed by atoms with Gasteiger partial charge in [0.05, 0.1) is 19.8 Å². The van der Waals surface area contributed by atoms with E-state index in [-0.39, 0.29) is 73.2 Å². The molecule has 0 amide bonds. The van der Waals surface area contributed by atoms with E-state index in [1.165, 1.54) is 86.7 Å². The number of ether oxygens (including phenoxy) is 7. The topological polar surface area (TPSA) is 307 Å². The van der Waals surface area contributed by atoms with Gasteiger partial charge in [-0.15, -0.1) is 0 Å². The molecule has 5 saturated heterocycles. The highest BCUT2D eigenvalue weighted by atomic mass is 16.6. The Morgan fingerprint density at radius 3 is 1.05 bits per heavy atom. The summed E-state index contributed by atoms with van der Waals surface area (Å²) in [6.45, 7) is 29.0. The molecule has 0 aliphatic carbocycles. The smallest absolute Gasteiger partial charge is 0.313 e. The van der Waals surface area contributed by atoms with E-state index in [0.29, 0.717) is 78.5 Å². The van der Waals surface area contributed by atoms with Gasteiger partial charge in [-0.05, 0) is 149 Å². The number of nitrogens with one attached hydrogen (secondary N) is 1. The molecule has 0 radical (unpaired) electrons. The third-order valence-corrected chi connectivity index (χ3v) is 13.6. The van der Waals surface area contributed by atoms with E-state index >= 15 is 0 Å². The summed E-state index contributed by atoms with van der Waals surface area (Å²) in [7, 11) is 13.7. The van der Waals surface area contributed by atoms with Crippen LogP contribution in [0.25, 0.3) is 0 Å². The Morgan fingerprint density at radius 1 is 0.359 bits per heavy atom. The maximum absolute atomic E-state index is 11.2. The quantitative estimate of drug-likeness (QED) is 0.0392. The number of rotatable bonds is 39. The van der Waals surface area contributed by atoms with E-state index in [0.717, 1.165) is 91.5 Å². The molecule has 0 saturated carbocycles. The van der Waals surface area contributed by atoms with Crippen molar-refractivity contribution in [2.75, 3.05) is 220 Å². The minimum Gasteiger partial charge on any atom is -0.465 e. The predicted octanol–water partition coefficient (Wildman–Crippen LogP) is 1.25. The highest BCUT2D eigenvalue weighted by Gasteiger charge is 2.31. The zero-order valence-corrected chi connectivity index (χ0v) is 58.3. The summed E-state index contributed by atoms with van der Waals surface area (Å²) in [6, 6.07) is 0.516. The number of hydrogen-bond acceptors (Lipinski definition) is 28. The summed E-state index contributed by atoms with van der Waals surface area (Å²) in [5.74, 6) is -3.47. The first-order chi connectivity index (χ1) is 43.5. The molecular weight excluding hydrogens is 1200 g/mol. The number of Topliss-reactive ketones (excluding diaryl/α,β-unsaturated/α-hetero) is 6. The normalized spacial score (nSPS) is 16.5. The first kappa shape index (κ1) is 88.5. The van der Waals surface area contributed by atoms with Crippen LogP contribution in [0.2, 0.25) is 0 Å². The number of esters is 6. The van der Waals surface area contributed by atoms with Crippen molar-refractivity contribution in [1.82, 2.24) is 44.5 Å². The molecule has 28 heteroatoms. The van der Waals surface area contributed by atoms with Gasteiger partial charge in [0, 0.05) is 97.7 Å². The first-order valence-electron chi connectivity index (χ1n) is 32.2. The molecule has 0 aromatic heterocycles. The molecule has 5 aliphatic rings. The van der Waals surface area contributed by atoms with Crippen molar-refractivity contribution < 1.29 is 90.7 Å². The van der Waals surface area contributed by atoms with Gasteiger partial charge in [0.1, 0.15) is 106 Å². The highest BCUT2D eigenvalue weighted by Crippen LogP contribution is 2.18. The maximum atomic E-state index is 11.2. The summed E-state index contributed by atoms with van der Waals surface area (Å²) in [4.78, 5) is 147. The van der Waals surface area contributed by atoms with Crippen LogP contribution in [0.4, 0.5) is 0 Å². The van der Waals surface area contributed by atoms with Gasteiger partial charge in [-0.1, -0.05) is 6.42 Å². The minimum absolute atomic E-state index is 0.0967. The third kappa shape index (κ3) is 60.7. The van der Waals surface area contributed by atoms with Gasteiger partial charge in [0.25, 0.3) is 0 Å². The highest BCUT2D eigenvalue weighted by molar-refractivity contribution is 5.96. The number of carbonyl (C=O) groups is 12. The fraction of sp³-hybridized carbons (Fsp3) is 0.812. The molecule has 5 aliphatic heterocycles. The second-order valence-corrected chi connectivity index (χ2v) is 23.9. The lowest BCUT2D eigenvalue weighted by molar-refractivity contribution is -0.147. The average Bonchev–Trinajstić information content (AvgIpc) is 1.09. The third-order valence-electron chi connectivity index (χ3n) is 13.6. The Balaban J connectivity index is 0. The van der Waals surface area contributed by atoms with Crippen LogP contribution in [0.15, 0.2) is 0 Å². The van der Waals surface area contributed by atoms with E-state index in [4.69, 9.17) is 33.2 Å². The average molecular weight is 1320 g/mol. The molecule has 5 fully saturated rings. The van der Waals surface area contributed by atoms with Crippen molar-refractivity contribution in [3.63, 3.8) is 0 Å². The zero-order chi connectivity index (χ0) is 69.7. The summed E-state index contributed by atoms with van der Waals surface area (Å²) in [6.07, 6.45) is 6.45. The fourth-order valence-corrected chi connectivity index (χ4v) is 8.60. The van der Waals surface area contributed by atoms with Crippen LogP contribution in [0, 0.1) is 0 Å². The number of hydrogen-bond donors (Lipinski definition) is 1. The number of piperazine rings is 3. The molecule has 0 aromatic rings. The molecule has 5 heterocycles. The molecule has 0 aromatic carbocycles. The van der Waals surface area contributed by atoms with Crippen LogP contribution < -0.4 is 5.32 Å². The number of piperidine rings is 1. The Bertz CT molecular complexity index is 2120. The summed E-state index contributed by atoms with van der Waals surface area (Å²) < 4.78 is 34.9. The summed E-state index contributed by atoms with van der Waals surface area (Å²) in [5.41, 5.74) is 0. The molecule has 1 N–H and O–H groups in total. The van der Waals surface area contributed by atoms with Crippen molar-refractivity contribution in [2.45, 2.75) is 125 Å². The van der Waals surface area contributed by atoms with Crippen LogP contribution >= 0.6 is 0 Å². The molecule has 92 heavy (non-hydrogen) atoms. The molecule has 1 atom stereocenters. The number of nitrogens with zero attached hydrogens (tertiary/aromatic N) is 8. The number of ketones is 6. The molecule has 5 rings (SSSR count). The maximum Gasteiger partial charge on any atom is 0.313 e. The van der Waals surface area contributed by atoms with Crippen molar-refractivity contribution in [1.29, 1.82) is 0 Å². The van der Waals surface area contributed by atoms with Gasteiger partial charge >= 0.3 is 35.8 Å². The second kappa shape index (κ2) is 56.9. The van der Waals surface area contributed by atoms with Crippen LogP contribution in [-0.2, 0) is 90.7 Å². The van der Waals surface area contributed by atoms with Gasteiger partial charge in [-0.3, -0.25) is 77.1 Å². The summed E-state index contributed by atoms with van der Waals surface area (Å²) >= 11 is 0. The van der Waals surface area contributed by atoms with Crippen LogP contribution in [0.3, 0.4) is 0 Å². The van der Waals surface area contributed by atoms with E-state index in [1.54, 1.807) is 0 Å².